The predicted molar refractivity (Wildman–Crippen MR) is 76.7 cm³/mol. The molecule has 0 spiro atoms. The van der Waals surface area contributed by atoms with Gasteiger partial charge in [-0.2, -0.15) is 0 Å². The summed E-state index contributed by atoms with van der Waals surface area (Å²) in [4.78, 5) is 11.7. The Labute approximate surface area is 124 Å². The molecule has 2 N–H and O–H groups in total. The smallest absolute Gasteiger partial charge is 0.241 e. The number of hydrogen-bond acceptors (Lipinski definition) is 3. The van der Waals surface area contributed by atoms with Crippen LogP contribution in [0.3, 0.4) is 0 Å². The van der Waals surface area contributed by atoms with Crippen LogP contribution in [0.2, 0.25) is 0 Å². The van der Waals surface area contributed by atoms with Crippen molar-refractivity contribution in [1.29, 1.82) is 0 Å². The van der Waals surface area contributed by atoms with E-state index < -0.39 is 15.8 Å². The van der Waals surface area contributed by atoms with Gasteiger partial charge in [0.05, 0.1) is 11.4 Å². The van der Waals surface area contributed by atoms with Gasteiger partial charge in [-0.25, -0.2) is 17.5 Å². The summed E-state index contributed by atoms with van der Waals surface area (Å²) in [7, 11) is -3.81. The van der Waals surface area contributed by atoms with Gasteiger partial charge in [0.15, 0.2) is 0 Å². The van der Waals surface area contributed by atoms with Crippen molar-refractivity contribution >= 4 is 15.9 Å². The first-order chi connectivity index (χ1) is 9.88. The molecule has 1 amide bonds. The number of halogens is 1. The van der Waals surface area contributed by atoms with Crippen molar-refractivity contribution in [2.45, 2.75) is 43.5 Å². The quantitative estimate of drug-likeness (QED) is 0.864. The number of nitrogens with one attached hydrogen (secondary N) is 2. The molecule has 5 nitrogen and oxygen atoms in total. The van der Waals surface area contributed by atoms with E-state index in [0.29, 0.717) is 5.56 Å². The Morgan fingerprint density at radius 2 is 2.00 bits per heavy atom. The molecule has 2 rings (SSSR count). The molecule has 21 heavy (non-hydrogen) atoms. The van der Waals surface area contributed by atoms with E-state index in [1.165, 1.54) is 13.0 Å². The Bertz CT molecular complexity index is 625. The number of carbonyl (C=O) groups is 1. The summed E-state index contributed by atoms with van der Waals surface area (Å²) in [6.45, 7) is 1.20. The number of benzene rings is 1. The lowest BCUT2D eigenvalue weighted by atomic mass is 10.2. The predicted octanol–water partition coefficient (Wildman–Crippen LogP) is 1.47. The normalized spacial score (nSPS) is 16.1. The van der Waals surface area contributed by atoms with Crippen LogP contribution >= 0.6 is 0 Å². The Kier molecular flexibility index (Phi) is 4.95. The van der Waals surface area contributed by atoms with Crippen LogP contribution in [0.1, 0.15) is 31.2 Å². The van der Waals surface area contributed by atoms with E-state index in [1.54, 1.807) is 0 Å². The van der Waals surface area contributed by atoms with E-state index >= 15 is 0 Å². The minimum atomic E-state index is -3.81. The minimum absolute atomic E-state index is 0.0161. The Morgan fingerprint density at radius 1 is 1.33 bits per heavy atom. The Morgan fingerprint density at radius 3 is 2.62 bits per heavy atom. The highest BCUT2D eigenvalue weighted by Crippen LogP contribution is 2.18. The standard InChI is InChI=1S/C14H19FN2O3S/c1-10-8-11(15)6-7-13(10)21(19,20)16-9-14(18)17-12-4-2-3-5-12/h6-8,12,16H,2-5,9H2,1H3,(H,17,18). The van der Waals surface area contributed by atoms with Crippen molar-refractivity contribution in [2.24, 2.45) is 0 Å². The van der Waals surface area contributed by atoms with Crippen LogP contribution in [0.15, 0.2) is 23.1 Å². The van der Waals surface area contributed by atoms with Gasteiger partial charge < -0.3 is 5.32 Å². The van der Waals surface area contributed by atoms with Crippen LogP contribution in [-0.2, 0) is 14.8 Å². The van der Waals surface area contributed by atoms with Crippen LogP contribution in [0.4, 0.5) is 4.39 Å². The van der Waals surface area contributed by atoms with E-state index in [9.17, 15) is 17.6 Å². The summed E-state index contributed by atoms with van der Waals surface area (Å²) in [5.74, 6) is -0.837. The van der Waals surface area contributed by atoms with Crippen LogP contribution in [-0.4, -0.2) is 26.9 Å². The zero-order chi connectivity index (χ0) is 15.5. The van der Waals surface area contributed by atoms with Gasteiger partial charge in [-0.3, -0.25) is 4.79 Å². The Hall–Kier alpha value is -1.47. The fraction of sp³-hybridized carbons (Fsp3) is 0.500. The molecule has 0 atom stereocenters. The zero-order valence-electron chi connectivity index (χ0n) is 11.9. The first kappa shape index (κ1) is 15.9. The summed E-state index contributed by atoms with van der Waals surface area (Å²) in [5, 5.41) is 2.80. The summed E-state index contributed by atoms with van der Waals surface area (Å²) in [6, 6.07) is 3.57. The molecule has 0 radical (unpaired) electrons. The first-order valence-corrected chi connectivity index (χ1v) is 8.42. The van der Waals surface area contributed by atoms with Gasteiger partial charge in [-0.15, -0.1) is 0 Å². The Balaban J connectivity index is 1.95. The number of hydrogen-bond donors (Lipinski definition) is 2. The van der Waals surface area contributed by atoms with Crippen molar-refractivity contribution in [1.82, 2.24) is 10.0 Å². The number of carbonyl (C=O) groups excluding carboxylic acids is 1. The van der Waals surface area contributed by atoms with Crippen LogP contribution in [0.5, 0.6) is 0 Å². The fourth-order valence-corrected chi connectivity index (χ4v) is 3.71. The largest absolute Gasteiger partial charge is 0.352 e. The lowest BCUT2D eigenvalue weighted by molar-refractivity contribution is -0.120. The molecular weight excluding hydrogens is 295 g/mol. The first-order valence-electron chi connectivity index (χ1n) is 6.94. The highest BCUT2D eigenvalue weighted by atomic mass is 32.2. The highest BCUT2D eigenvalue weighted by molar-refractivity contribution is 7.89. The molecule has 0 aromatic heterocycles. The van der Waals surface area contributed by atoms with E-state index in [4.69, 9.17) is 0 Å². The van der Waals surface area contributed by atoms with Gasteiger partial charge in [0.25, 0.3) is 0 Å². The summed E-state index contributed by atoms with van der Waals surface area (Å²) in [5.41, 5.74) is 0.304. The topological polar surface area (TPSA) is 75.3 Å². The zero-order valence-corrected chi connectivity index (χ0v) is 12.7. The molecule has 0 aliphatic heterocycles. The molecular formula is C14H19FN2O3S. The molecule has 0 saturated heterocycles. The number of rotatable bonds is 5. The van der Waals surface area contributed by atoms with E-state index in [2.05, 4.69) is 10.0 Å². The average Bonchev–Trinajstić information content (AvgIpc) is 2.89. The fourth-order valence-electron chi connectivity index (χ4n) is 2.50. The number of sulfonamides is 1. The number of amides is 1. The third kappa shape index (κ3) is 4.25. The second kappa shape index (κ2) is 6.53. The maximum atomic E-state index is 13.0. The minimum Gasteiger partial charge on any atom is -0.352 e. The van der Waals surface area contributed by atoms with Crippen LogP contribution in [0, 0.1) is 12.7 Å². The maximum Gasteiger partial charge on any atom is 0.241 e. The van der Waals surface area contributed by atoms with E-state index in [1.807, 2.05) is 0 Å². The molecule has 1 aromatic rings. The molecule has 1 fully saturated rings. The van der Waals surface area contributed by atoms with Crippen LogP contribution in [0.25, 0.3) is 0 Å². The third-order valence-corrected chi connectivity index (χ3v) is 5.13. The van der Waals surface area contributed by atoms with Gasteiger partial charge in [-0.05, 0) is 43.5 Å². The molecule has 1 aliphatic carbocycles. The second-order valence-corrected chi connectivity index (χ2v) is 7.02. The molecule has 0 heterocycles. The van der Waals surface area contributed by atoms with Crippen molar-refractivity contribution in [3.8, 4) is 0 Å². The summed E-state index contributed by atoms with van der Waals surface area (Å²) >= 11 is 0. The van der Waals surface area contributed by atoms with E-state index in [0.717, 1.165) is 37.8 Å². The monoisotopic (exact) mass is 314 g/mol. The molecule has 1 aromatic carbocycles. The number of aryl methyl sites for hydroxylation is 1. The van der Waals surface area contributed by atoms with Gasteiger partial charge >= 0.3 is 0 Å². The third-order valence-electron chi connectivity index (χ3n) is 3.57. The maximum absolute atomic E-state index is 13.0. The lowest BCUT2D eigenvalue weighted by Crippen LogP contribution is -2.41. The van der Waals surface area contributed by atoms with Crippen molar-refractivity contribution in [3.05, 3.63) is 29.6 Å². The molecule has 7 heteroatoms. The van der Waals surface area contributed by atoms with Gasteiger partial charge in [0, 0.05) is 6.04 Å². The average molecular weight is 314 g/mol. The molecule has 1 aliphatic rings. The van der Waals surface area contributed by atoms with Gasteiger partial charge in [0.1, 0.15) is 5.82 Å². The second-order valence-electron chi connectivity index (χ2n) is 5.28. The molecule has 0 unspecified atom stereocenters. The summed E-state index contributed by atoms with van der Waals surface area (Å²) in [6.07, 6.45) is 4.06. The molecule has 116 valence electrons. The lowest BCUT2D eigenvalue weighted by Gasteiger charge is -2.13. The van der Waals surface area contributed by atoms with E-state index in [-0.39, 0.29) is 23.4 Å². The van der Waals surface area contributed by atoms with Crippen molar-refractivity contribution in [2.75, 3.05) is 6.54 Å². The van der Waals surface area contributed by atoms with Gasteiger partial charge in [0.2, 0.25) is 15.9 Å². The summed E-state index contributed by atoms with van der Waals surface area (Å²) < 4.78 is 39.4. The SMILES string of the molecule is Cc1cc(F)ccc1S(=O)(=O)NCC(=O)NC1CCCC1. The molecule has 0 bridgehead atoms. The van der Waals surface area contributed by atoms with Gasteiger partial charge in [-0.1, -0.05) is 12.8 Å². The molecule has 1 saturated carbocycles. The van der Waals surface area contributed by atoms with Crippen molar-refractivity contribution < 1.29 is 17.6 Å². The highest BCUT2D eigenvalue weighted by Gasteiger charge is 2.20. The van der Waals surface area contributed by atoms with Crippen molar-refractivity contribution in [3.63, 3.8) is 0 Å². The van der Waals surface area contributed by atoms with Crippen LogP contribution < -0.4 is 10.0 Å².